The van der Waals surface area contributed by atoms with Gasteiger partial charge in [0.2, 0.25) is 0 Å². The van der Waals surface area contributed by atoms with Gasteiger partial charge in [0.15, 0.2) is 0 Å². The van der Waals surface area contributed by atoms with E-state index in [2.05, 4.69) is 69.8 Å². The predicted octanol–water partition coefficient (Wildman–Crippen LogP) is 5.95. The van der Waals surface area contributed by atoms with Crippen LogP contribution in [0.25, 0.3) is 21.5 Å². The van der Waals surface area contributed by atoms with Crippen molar-refractivity contribution in [2.75, 3.05) is 31.1 Å². The molecule has 0 unspecified atom stereocenters. The van der Waals surface area contributed by atoms with Crippen molar-refractivity contribution >= 4 is 27.9 Å². The highest BCUT2D eigenvalue weighted by Crippen LogP contribution is 2.43. The number of rotatable bonds is 5. The summed E-state index contributed by atoms with van der Waals surface area (Å²) in [5.41, 5.74) is 6.37. The van der Waals surface area contributed by atoms with E-state index < -0.39 is 0 Å². The molecule has 2 fully saturated rings. The molecule has 1 aliphatic carbocycles. The zero-order valence-corrected chi connectivity index (χ0v) is 19.1. The summed E-state index contributed by atoms with van der Waals surface area (Å²) in [5.74, 6) is 0.755. The van der Waals surface area contributed by atoms with Crippen LogP contribution < -0.4 is 4.90 Å². The number of hydrogen-bond acceptors (Lipinski definition) is 5. The molecule has 0 amide bonds. The largest absolute Gasteiger partial charge is 0.368 e. The highest BCUT2D eigenvalue weighted by atomic mass is 32.1. The van der Waals surface area contributed by atoms with E-state index in [1.54, 1.807) is 11.3 Å². The Bertz CT molecular complexity index is 1210. The Morgan fingerprint density at radius 1 is 0.938 bits per heavy atom. The van der Waals surface area contributed by atoms with E-state index in [4.69, 9.17) is 9.97 Å². The molecule has 32 heavy (non-hydrogen) atoms. The van der Waals surface area contributed by atoms with E-state index in [0.717, 1.165) is 55.6 Å². The number of benzene rings is 2. The van der Waals surface area contributed by atoms with Gasteiger partial charge in [0.25, 0.3) is 0 Å². The van der Waals surface area contributed by atoms with Crippen LogP contribution in [0.4, 0.5) is 5.69 Å². The van der Waals surface area contributed by atoms with Gasteiger partial charge >= 0.3 is 0 Å². The summed E-state index contributed by atoms with van der Waals surface area (Å²) in [6.45, 7) is 5.22. The van der Waals surface area contributed by atoms with Crippen molar-refractivity contribution in [3.63, 3.8) is 0 Å². The fourth-order valence-corrected chi connectivity index (χ4v) is 5.60. The number of thiazole rings is 1. The van der Waals surface area contributed by atoms with Gasteiger partial charge in [0.1, 0.15) is 5.01 Å². The van der Waals surface area contributed by atoms with E-state index >= 15 is 0 Å². The van der Waals surface area contributed by atoms with Crippen LogP contribution in [0.5, 0.6) is 0 Å². The first kappa shape index (κ1) is 19.9. The second kappa shape index (κ2) is 8.64. The van der Waals surface area contributed by atoms with Crippen LogP contribution in [-0.2, 0) is 6.54 Å². The molecular formula is C27H28N4S. The van der Waals surface area contributed by atoms with Crippen molar-refractivity contribution in [1.29, 1.82) is 0 Å². The lowest BCUT2D eigenvalue weighted by Gasteiger charge is -2.25. The summed E-state index contributed by atoms with van der Waals surface area (Å²) in [4.78, 5) is 14.8. The maximum atomic E-state index is 4.91. The van der Waals surface area contributed by atoms with Gasteiger partial charge in [-0.1, -0.05) is 36.4 Å². The summed E-state index contributed by atoms with van der Waals surface area (Å²) < 4.78 is 0. The summed E-state index contributed by atoms with van der Waals surface area (Å²) in [6.07, 6.45) is 5.76. The van der Waals surface area contributed by atoms with Gasteiger partial charge in [-0.05, 0) is 48.9 Å². The van der Waals surface area contributed by atoms with Crippen molar-refractivity contribution in [2.45, 2.75) is 31.7 Å². The van der Waals surface area contributed by atoms with Gasteiger partial charge in [0.05, 0.1) is 16.9 Å². The molecule has 4 aromatic rings. The van der Waals surface area contributed by atoms with Crippen LogP contribution in [0.15, 0.2) is 66.2 Å². The zero-order valence-electron chi connectivity index (χ0n) is 18.3. The third-order valence-corrected chi connectivity index (χ3v) is 7.58. The minimum Gasteiger partial charge on any atom is -0.368 e. The molecule has 4 nitrogen and oxygen atoms in total. The Balaban J connectivity index is 1.18. The standard InChI is InChI=1S/C27H28N4S/c1-2-6-21(7-3-1)27-29-24(19-32-27)18-30-12-5-13-31(15-14-30)25-17-23(20-9-10-20)16-22-8-4-11-28-26(22)25/h1-4,6-8,11,16-17,19-20H,5,9-10,12-15,18H2. The van der Waals surface area contributed by atoms with Gasteiger partial charge in [-0.25, -0.2) is 4.98 Å². The minimum atomic E-state index is 0.755. The summed E-state index contributed by atoms with van der Waals surface area (Å²) in [5, 5.41) is 4.62. The zero-order chi connectivity index (χ0) is 21.3. The van der Waals surface area contributed by atoms with Gasteiger partial charge in [-0.3, -0.25) is 9.88 Å². The van der Waals surface area contributed by atoms with Crippen LogP contribution in [0.3, 0.4) is 0 Å². The van der Waals surface area contributed by atoms with Gasteiger partial charge in [-0.2, -0.15) is 0 Å². The highest BCUT2D eigenvalue weighted by molar-refractivity contribution is 7.13. The lowest BCUT2D eigenvalue weighted by atomic mass is 10.0. The predicted molar refractivity (Wildman–Crippen MR) is 133 cm³/mol. The number of hydrogen-bond donors (Lipinski definition) is 0. The third kappa shape index (κ3) is 4.15. The number of fused-ring (bicyclic) bond motifs is 1. The first-order valence-electron chi connectivity index (χ1n) is 11.7. The average Bonchev–Trinajstić information content (AvgIpc) is 3.63. The first-order valence-corrected chi connectivity index (χ1v) is 12.6. The molecule has 0 radical (unpaired) electrons. The molecule has 2 aliphatic rings. The van der Waals surface area contributed by atoms with Crippen molar-refractivity contribution in [1.82, 2.24) is 14.9 Å². The van der Waals surface area contributed by atoms with Crippen molar-refractivity contribution in [3.05, 3.63) is 77.4 Å². The van der Waals surface area contributed by atoms with Crippen LogP contribution in [0.2, 0.25) is 0 Å². The Morgan fingerprint density at radius 2 is 1.84 bits per heavy atom. The molecule has 162 valence electrons. The van der Waals surface area contributed by atoms with E-state index in [9.17, 15) is 0 Å². The topological polar surface area (TPSA) is 32.3 Å². The lowest BCUT2D eigenvalue weighted by Crippen LogP contribution is -2.30. The molecular weight excluding hydrogens is 412 g/mol. The Hall–Kier alpha value is -2.76. The van der Waals surface area contributed by atoms with Gasteiger partial charge in [-0.15, -0.1) is 11.3 Å². The second-order valence-electron chi connectivity index (χ2n) is 9.02. The molecule has 1 saturated carbocycles. The molecule has 2 aromatic heterocycles. The summed E-state index contributed by atoms with van der Waals surface area (Å²) in [6, 6.07) is 19.6. The van der Waals surface area contributed by atoms with Crippen LogP contribution >= 0.6 is 11.3 Å². The fourth-order valence-electron chi connectivity index (χ4n) is 4.78. The van der Waals surface area contributed by atoms with Crippen LogP contribution in [-0.4, -0.2) is 41.0 Å². The Morgan fingerprint density at radius 3 is 2.72 bits per heavy atom. The molecule has 1 aliphatic heterocycles. The Labute approximate surface area is 193 Å². The molecule has 0 bridgehead atoms. The van der Waals surface area contributed by atoms with E-state index in [-0.39, 0.29) is 0 Å². The molecule has 0 atom stereocenters. The average molecular weight is 441 g/mol. The number of anilines is 1. The number of pyridine rings is 1. The summed E-state index contributed by atoms with van der Waals surface area (Å²) >= 11 is 1.75. The van der Waals surface area contributed by atoms with E-state index in [1.807, 2.05) is 6.20 Å². The maximum Gasteiger partial charge on any atom is 0.123 e. The number of aromatic nitrogens is 2. The fraction of sp³-hybridized carbons (Fsp3) is 0.333. The van der Waals surface area contributed by atoms with Crippen LogP contribution in [0.1, 0.15) is 36.4 Å². The van der Waals surface area contributed by atoms with Crippen molar-refractivity contribution in [2.24, 2.45) is 0 Å². The summed E-state index contributed by atoms with van der Waals surface area (Å²) in [7, 11) is 0. The highest BCUT2D eigenvalue weighted by Gasteiger charge is 2.26. The Kier molecular flexibility index (Phi) is 5.37. The maximum absolute atomic E-state index is 4.91. The van der Waals surface area contributed by atoms with Gasteiger partial charge in [0, 0.05) is 55.3 Å². The third-order valence-electron chi connectivity index (χ3n) is 6.64. The molecule has 5 heteroatoms. The molecule has 6 rings (SSSR count). The molecule has 0 spiro atoms. The normalized spacial score (nSPS) is 17.6. The molecule has 3 heterocycles. The smallest absolute Gasteiger partial charge is 0.123 e. The molecule has 1 saturated heterocycles. The monoisotopic (exact) mass is 440 g/mol. The molecule has 2 aromatic carbocycles. The van der Waals surface area contributed by atoms with Crippen molar-refractivity contribution in [3.8, 4) is 10.6 Å². The quantitative estimate of drug-likeness (QED) is 0.384. The number of nitrogens with zero attached hydrogens (tertiary/aromatic N) is 4. The minimum absolute atomic E-state index is 0.755. The first-order chi connectivity index (χ1) is 15.8. The van der Waals surface area contributed by atoms with Gasteiger partial charge < -0.3 is 4.90 Å². The second-order valence-corrected chi connectivity index (χ2v) is 9.87. The SMILES string of the molecule is c1ccc(-c2nc(CN3CCCN(c4cc(C5CC5)cc5cccnc45)CC3)cs2)cc1. The van der Waals surface area contributed by atoms with E-state index in [1.165, 1.54) is 40.7 Å². The lowest BCUT2D eigenvalue weighted by molar-refractivity contribution is 0.282. The van der Waals surface area contributed by atoms with E-state index in [0.29, 0.717) is 0 Å². The molecule has 0 N–H and O–H groups in total. The van der Waals surface area contributed by atoms with Crippen LogP contribution in [0, 0.1) is 0 Å². The van der Waals surface area contributed by atoms with Crippen molar-refractivity contribution < 1.29 is 0 Å².